The molecule has 14 nitrogen and oxygen atoms in total. The first-order valence-electron chi connectivity index (χ1n) is 19.7. The largest absolute Gasteiger partial charge is 0.453 e. The summed E-state index contributed by atoms with van der Waals surface area (Å²) < 4.78 is 9.47. The number of hydrogen-bond donors (Lipinski definition) is 4. The molecule has 6 rings (SSSR count). The number of likely N-dealkylation sites (tertiary alicyclic amines) is 2. The summed E-state index contributed by atoms with van der Waals surface area (Å²) in [6, 6.07) is 18.1. The summed E-state index contributed by atoms with van der Waals surface area (Å²) in [7, 11) is 2.55. The number of fused-ring (bicyclic) bond motifs is 1. The first kappa shape index (κ1) is 40.7. The molecule has 2 fully saturated rings. The number of imidazole rings is 1. The maximum atomic E-state index is 13.6. The van der Waals surface area contributed by atoms with E-state index in [0.717, 1.165) is 58.8 Å². The molecule has 4 N–H and O–H groups in total. The molecule has 2 saturated heterocycles. The standard InChI is InChI=1S/C43H53N7O7/c1-25(2)36(47-42(54)56-5)40(52)49-19-7-9-33(49)23-45-39(51)28-13-11-27(12-14-28)29-15-16-31-22-32(18-17-30(31)21-29)34-24-44-38(46-34)35-10-8-20-50(35)41(53)37(26(3)4)48-43(55)57-6/h11-18,21-22,24-26,33,35-37H,7-10,19-20,23H2,1-6H3,(H,44,46)(H,45,51)(H,47,54)(H,48,55). The SMILES string of the molecule is COC(=O)NC(C(=O)N1CCCC1CNC(=O)c1ccc(-c2ccc3cc(-c4cnc(C5CCCN5C(=O)C(NC(=O)OC)C(C)C)[nH]4)ccc3c2)cc1)C(C)C. The van der Waals surface area contributed by atoms with Crippen LogP contribution >= 0.6 is 0 Å². The maximum Gasteiger partial charge on any atom is 0.407 e. The van der Waals surface area contributed by atoms with Gasteiger partial charge >= 0.3 is 12.2 Å². The average molecular weight is 780 g/mol. The van der Waals surface area contributed by atoms with Crippen LogP contribution in [0.2, 0.25) is 0 Å². The van der Waals surface area contributed by atoms with Crippen LogP contribution in [0.5, 0.6) is 0 Å². The van der Waals surface area contributed by atoms with E-state index in [1.807, 2.05) is 45.9 Å². The third-order valence-corrected chi connectivity index (χ3v) is 11.0. The number of benzene rings is 3. The normalized spacial score (nSPS) is 17.8. The van der Waals surface area contributed by atoms with E-state index in [0.29, 0.717) is 31.0 Å². The minimum absolute atomic E-state index is 0.113. The minimum atomic E-state index is -0.709. The first-order valence-corrected chi connectivity index (χ1v) is 19.7. The Hall–Kier alpha value is -5.92. The van der Waals surface area contributed by atoms with Crippen molar-refractivity contribution in [1.82, 2.24) is 35.7 Å². The van der Waals surface area contributed by atoms with Crippen molar-refractivity contribution in [2.75, 3.05) is 33.9 Å². The molecular formula is C43H53N7O7. The fourth-order valence-electron chi connectivity index (χ4n) is 7.78. The van der Waals surface area contributed by atoms with Crippen molar-refractivity contribution in [3.63, 3.8) is 0 Å². The van der Waals surface area contributed by atoms with E-state index in [9.17, 15) is 24.0 Å². The van der Waals surface area contributed by atoms with E-state index in [2.05, 4.69) is 56.3 Å². The molecule has 2 aliphatic rings. The van der Waals surface area contributed by atoms with Gasteiger partial charge in [-0.25, -0.2) is 14.6 Å². The van der Waals surface area contributed by atoms with Gasteiger partial charge in [-0.3, -0.25) is 14.4 Å². The van der Waals surface area contributed by atoms with Gasteiger partial charge in [0.05, 0.1) is 32.2 Å². The summed E-state index contributed by atoms with van der Waals surface area (Å²) >= 11 is 0. The van der Waals surface area contributed by atoms with Gasteiger partial charge in [-0.15, -0.1) is 0 Å². The lowest BCUT2D eigenvalue weighted by atomic mass is 9.98. The Balaban J connectivity index is 1.08. The number of aromatic nitrogens is 2. The number of carbonyl (C=O) groups is 5. The van der Waals surface area contributed by atoms with Gasteiger partial charge < -0.3 is 40.2 Å². The number of aromatic amines is 1. The molecule has 0 aliphatic carbocycles. The number of alkyl carbamates (subject to hydrolysis) is 2. The van der Waals surface area contributed by atoms with E-state index in [-0.39, 0.29) is 41.6 Å². The molecule has 3 heterocycles. The Morgan fingerprint density at radius 1 is 0.737 bits per heavy atom. The molecule has 57 heavy (non-hydrogen) atoms. The van der Waals surface area contributed by atoms with Crippen LogP contribution in [0.15, 0.2) is 66.9 Å². The zero-order chi connectivity index (χ0) is 40.8. The Labute approximate surface area is 333 Å². The van der Waals surface area contributed by atoms with E-state index in [1.165, 1.54) is 14.2 Å². The van der Waals surface area contributed by atoms with Crippen molar-refractivity contribution in [1.29, 1.82) is 0 Å². The van der Waals surface area contributed by atoms with Gasteiger partial charge in [0.15, 0.2) is 0 Å². The number of hydrogen-bond acceptors (Lipinski definition) is 8. The Kier molecular flexibility index (Phi) is 12.8. The molecule has 0 saturated carbocycles. The van der Waals surface area contributed by atoms with Gasteiger partial charge in [0, 0.05) is 36.8 Å². The van der Waals surface area contributed by atoms with Crippen LogP contribution < -0.4 is 16.0 Å². The number of nitrogens with one attached hydrogen (secondary N) is 4. The minimum Gasteiger partial charge on any atom is -0.453 e. The third-order valence-electron chi connectivity index (χ3n) is 11.0. The van der Waals surface area contributed by atoms with Gasteiger partial charge in [0.2, 0.25) is 11.8 Å². The molecule has 0 radical (unpaired) electrons. The summed E-state index contributed by atoms with van der Waals surface area (Å²) in [5.74, 6) is -0.0666. The van der Waals surface area contributed by atoms with Crippen LogP contribution in [0.1, 0.15) is 75.6 Å². The summed E-state index contributed by atoms with van der Waals surface area (Å²) in [5, 5.41) is 10.5. The molecule has 4 unspecified atom stereocenters. The molecular weight excluding hydrogens is 727 g/mol. The molecule has 4 atom stereocenters. The van der Waals surface area contributed by atoms with Crippen LogP contribution in [-0.4, -0.2) is 102 Å². The van der Waals surface area contributed by atoms with Crippen molar-refractivity contribution < 1.29 is 33.4 Å². The van der Waals surface area contributed by atoms with Crippen LogP contribution in [0.3, 0.4) is 0 Å². The quantitative estimate of drug-likeness (QED) is 0.135. The van der Waals surface area contributed by atoms with Gasteiger partial charge in [-0.2, -0.15) is 0 Å². The molecule has 5 amide bonds. The van der Waals surface area contributed by atoms with Gasteiger partial charge in [0.25, 0.3) is 5.91 Å². The van der Waals surface area contributed by atoms with Crippen molar-refractivity contribution in [3.05, 3.63) is 78.2 Å². The highest BCUT2D eigenvalue weighted by Gasteiger charge is 2.38. The van der Waals surface area contributed by atoms with Crippen LogP contribution in [0.4, 0.5) is 9.59 Å². The molecule has 14 heteroatoms. The van der Waals surface area contributed by atoms with E-state index in [1.54, 1.807) is 28.1 Å². The highest BCUT2D eigenvalue weighted by molar-refractivity contribution is 5.95. The Bertz CT molecular complexity index is 2100. The topological polar surface area (TPSA) is 175 Å². The zero-order valence-corrected chi connectivity index (χ0v) is 33.5. The predicted molar refractivity (Wildman–Crippen MR) is 216 cm³/mol. The predicted octanol–water partition coefficient (Wildman–Crippen LogP) is 6.04. The lowest BCUT2D eigenvalue weighted by molar-refractivity contribution is -0.136. The van der Waals surface area contributed by atoms with Crippen molar-refractivity contribution in [2.24, 2.45) is 11.8 Å². The molecule has 3 aromatic carbocycles. The van der Waals surface area contributed by atoms with Crippen molar-refractivity contribution in [3.8, 4) is 22.4 Å². The maximum absolute atomic E-state index is 13.6. The summed E-state index contributed by atoms with van der Waals surface area (Å²) in [6.45, 7) is 9.00. The molecule has 0 spiro atoms. The van der Waals surface area contributed by atoms with Gasteiger partial charge in [0.1, 0.15) is 17.9 Å². The average Bonchev–Trinajstić information content (AvgIpc) is 4.01. The van der Waals surface area contributed by atoms with Crippen molar-refractivity contribution >= 4 is 40.7 Å². The number of carbonyl (C=O) groups excluding carboxylic acids is 5. The molecule has 302 valence electrons. The van der Waals surface area contributed by atoms with Crippen molar-refractivity contribution in [2.45, 2.75) is 77.5 Å². The lowest BCUT2D eigenvalue weighted by Crippen LogP contribution is -2.54. The first-order chi connectivity index (χ1) is 27.4. The zero-order valence-electron chi connectivity index (χ0n) is 33.5. The fraction of sp³-hybridized carbons (Fsp3) is 0.442. The van der Waals surface area contributed by atoms with Gasteiger partial charge in [-0.1, -0.05) is 64.1 Å². The summed E-state index contributed by atoms with van der Waals surface area (Å²) in [6.07, 6.45) is 3.71. The second kappa shape index (κ2) is 17.9. The number of amides is 5. The highest BCUT2D eigenvalue weighted by Crippen LogP contribution is 2.34. The van der Waals surface area contributed by atoms with E-state index < -0.39 is 24.3 Å². The Morgan fingerprint density at radius 3 is 1.89 bits per heavy atom. The Morgan fingerprint density at radius 2 is 1.28 bits per heavy atom. The lowest BCUT2D eigenvalue weighted by Gasteiger charge is -2.30. The molecule has 0 bridgehead atoms. The van der Waals surface area contributed by atoms with Gasteiger partial charge in [-0.05, 0) is 83.7 Å². The van der Waals surface area contributed by atoms with Crippen LogP contribution in [0.25, 0.3) is 33.2 Å². The molecule has 4 aromatic rings. The summed E-state index contributed by atoms with van der Waals surface area (Å²) in [5.41, 5.74) is 4.32. The monoisotopic (exact) mass is 779 g/mol. The fourth-order valence-corrected chi connectivity index (χ4v) is 7.78. The van der Waals surface area contributed by atoms with E-state index in [4.69, 9.17) is 9.47 Å². The second-order valence-electron chi connectivity index (χ2n) is 15.5. The number of ether oxygens (including phenoxy) is 2. The summed E-state index contributed by atoms with van der Waals surface area (Å²) in [4.78, 5) is 75.6. The molecule has 1 aromatic heterocycles. The highest BCUT2D eigenvalue weighted by atomic mass is 16.5. The third kappa shape index (κ3) is 9.22. The smallest absolute Gasteiger partial charge is 0.407 e. The number of nitrogens with zero attached hydrogens (tertiary/aromatic N) is 3. The number of rotatable bonds is 12. The van der Waals surface area contributed by atoms with Crippen LogP contribution in [-0.2, 0) is 19.1 Å². The van der Waals surface area contributed by atoms with Crippen LogP contribution in [0, 0.1) is 11.8 Å². The second-order valence-corrected chi connectivity index (χ2v) is 15.5. The molecule has 2 aliphatic heterocycles. The number of methoxy groups -OCH3 is 2. The van der Waals surface area contributed by atoms with E-state index >= 15 is 0 Å². The number of H-pyrrole nitrogens is 1.